The summed E-state index contributed by atoms with van der Waals surface area (Å²) in [5.41, 5.74) is -0.544. The number of nitrogens with one attached hydrogen (secondary N) is 3. The molecule has 1 atom stereocenters. The second-order valence-corrected chi connectivity index (χ2v) is 5.68. The first-order chi connectivity index (χ1) is 9.30. The van der Waals surface area contributed by atoms with Gasteiger partial charge < -0.3 is 20.7 Å². The van der Waals surface area contributed by atoms with Gasteiger partial charge in [-0.3, -0.25) is 0 Å². The van der Waals surface area contributed by atoms with Crippen molar-refractivity contribution in [3.8, 4) is 0 Å². The van der Waals surface area contributed by atoms with Gasteiger partial charge in [-0.25, -0.2) is 14.6 Å². The van der Waals surface area contributed by atoms with E-state index in [9.17, 15) is 9.59 Å². The van der Waals surface area contributed by atoms with E-state index in [-0.39, 0.29) is 0 Å². The molecule has 112 valence electrons. The predicted molar refractivity (Wildman–Crippen MR) is 74.3 cm³/mol. The molecule has 7 heteroatoms. The Hall–Kier alpha value is -2.05. The van der Waals surface area contributed by atoms with E-state index in [1.54, 1.807) is 33.2 Å². The van der Waals surface area contributed by atoms with Crippen LogP contribution in [0.2, 0.25) is 0 Å². The Kier molecular flexibility index (Phi) is 5.54. The van der Waals surface area contributed by atoms with Crippen molar-refractivity contribution in [1.82, 2.24) is 20.6 Å². The monoisotopic (exact) mass is 282 g/mol. The van der Waals surface area contributed by atoms with Crippen molar-refractivity contribution in [1.29, 1.82) is 0 Å². The minimum atomic E-state index is -1.04. The van der Waals surface area contributed by atoms with Crippen molar-refractivity contribution in [2.24, 2.45) is 5.41 Å². The maximum absolute atomic E-state index is 11.7. The first-order valence-electron chi connectivity index (χ1n) is 6.56. The van der Waals surface area contributed by atoms with Crippen LogP contribution in [0.5, 0.6) is 0 Å². The summed E-state index contributed by atoms with van der Waals surface area (Å²) in [5, 5.41) is 14.2. The number of aliphatic carboxylic acids is 1. The van der Waals surface area contributed by atoms with Gasteiger partial charge >= 0.3 is 12.0 Å². The summed E-state index contributed by atoms with van der Waals surface area (Å²) in [6, 6.07) is -1.39. The SMILES string of the molecule is CC(C)(C)[C@H](NC(=O)NCCCc1ncc[nH]1)C(=O)O. The van der Waals surface area contributed by atoms with Crippen LogP contribution < -0.4 is 10.6 Å². The van der Waals surface area contributed by atoms with Crippen molar-refractivity contribution in [3.05, 3.63) is 18.2 Å². The molecule has 1 aromatic rings. The van der Waals surface area contributed by atoms with E-state index in [0.29, 0.717) is 6.54 Å². The molecule has 0 unspecified atom stereocenters. The van der Waals surface area contributed by atoms with Gasteiger partial charge in [0.25, 0.3) is 0 Å². The lowest BCUT2D eigenvalue weighted by Crippen LogP contribution is -2.52. The zero-order valence-corrected chi connectivity index (χ0v) is 12.1. The number of carboxylic acids is 1. The maximum atomic E-state index is 11.7. The molecule has 7 nitrogen and oxygen atoms in total. The Balaban J connectivity index is 2.30. The lowest BCUT2D eigenvalue weighted by molar-refractivity contribution is -0.141. The topological polar surface area (TPSA) is 107 Å². The molecular formula is C13H22N4O3. The molecule has 0 spiro atoms. The van der Waals surface area contributed by atoms with E-state index >= 15 is 0 Å². The van der Waals surface area contributed by atoms with Crippen molar-refractivity contribution < 1.29 is 14.7 Å². The van der Waals surface area contributed by atoms with Crippen LogP contribution in [-0.4, -0.2) is 39.7 Å². The zero-order valence-electron chi connectivity index (χ0n) is 12.1. The molecule has 0 saturated carbocycles. The van der Waals surface area contributed by atoms with Gasteiger partial charge in [-0.2, -0.15) is 0 Å². The Morgan fingerprint density at radius 3 is 2.65 bits per heavy atom. The number of imidazole rings is 1. The third kappa shape index (κ3) is 5.29. The van der Waals surface area contributed by atoms with Crippen molar-refractivity contribution in [3.63, 3.8) is 0 Å². The number of carbonyl (C=O) groups is 2. The average Bonchev–Trinajstić information content (AvgIpc) is 2.83. The highest BCUT2D eigenvalue weighted by Crippen LogP contribution is 2.19. The summed E-state index contributed by atoms with van der Waals surface area (Å²) in [7, 11) is 0. The van der Waals surface area contributed by atoms with E-state index in [1.807, 2.05) is 0 Å². The summed E-state index contributed by atoms with van der Waals surface area (Å²) in [5.74, 6) is -0.173. The van der Waals surface area contributed by atoms with Crippen LogP contribution in [0.1, 0.15) is 33.0 Å². The number of rotatable bonds is 6. The normalized spacial score (nSPS) is 12.8. The van der Waals surface area contributed by atoms with E-state index in [4.69, 9.17) is 5.11 Å². The van der Waals surface area contributed by atoms with Gasteiger partial charge in [-0.15, -0.1) is 0 Å². The summed E-state index contributed by atoms with van der Waals surface area (Å²) < 4.78 is 0. The Labute approximate surface area is 118 Å². The molecule has 4 N–H and O–H groups in total. The second kappa shape index (κ2) is 6.93. The molecular weight excluding hydrogens is 260 g/mol. The van der Waals surface area contributed by atoms with Gasteiger partial charge in [0, 0.05) is 25.4 Å². The van der Waals surface area contributed by atoms with Crippen LogP contribution in [0, 0.1) is 5.41 Å². The molecule has 1 rings (SSSR count). The highest BCUT2D eigenvalue weighted by atomic mass is 16.4. The molecule has 0 bridgehead atoms. The minimum absolute atomic E-state index is 0.461. The number of nitrogens with zero attached hydrogens (tertiary/aromatic N) is 1. The fourth-order valence-corrected chi connectivity index (χ4v) is 1.72. The van der Waals surface area contributed by atoms with Gasteiger partial charge in [-0.05, 0) is 11.8 Å². The summed E-state index contributed by atoms with van der Waals surface area (Å²) in [6.45, 7) is 5.76. The fourth-order valence-electron chi connectivity index (χ4n) is 1.72. The van der Waals surface area contributed by atoms with Crippen LogP contribution in [0.3, 0.4) is 0 Å². The van der Waals surface area contributed by atoms with Crippen molar-refractivity contribution in [2.45, 2.75) is 39.7 Å². The molecule has 0 aliphatic heterocycles. The number of aryl methyl sites for hydroxylation is 1. The smallest absolute Gasteiger partial charge is 0.326 e. The summed E-state index contributed by atoms with van der Waals surface area (Å²) >= 11 is 0. The number of hydrogen-bond donors (Lipinski definition) is 4. The molecule has 0 fully saturated rings. The van der Waals surface area contributed by atoms with E-state index < -0.39 is 23.5 Å². The number of hydrogen-bond acceptors (Lipinski definition) is 3. The van der Waals surface area contributed by atoms with E-state index in [2.05, 4.69) is 20.6 Å². The number of carboxylic acid groups (broad SMARTS) is 1. The third-order valence-electron chi connectivity index (χ3n) is 2.82. The number of H-pyrrole nitrogens is 1. The highest BCUT2D eigenvalue weighted by molar-refractivity contribution is 5.83. The number of aromatic nitrogens is 2. The lowest BCUT2D eigenvalue weighted by atomic mass is 9.87. The predicted octanol–water partition coefficient (Wildman–Crippen LogP) is 1.14. The summed E-state index contributed by atoms with van der Waals surface area (Å²) in [4.78, 5) is 29.8. The third-order valence-corrected chi connectivity index (χ3v) is 2.82. The van der Waals surface area contributed by atoms with Crippen molar-refractivity contribution in [2.75, 3.05) is 6.54 Å². The number of amides is 2. The molecule has 0 saturated heterocycles. The van der Waals surface area contributed by atoms with E-state index in [0.717, 1.165) is 18.7 Å². The Bertz CT molecular complexity index is 437. The first-order valence-corrected chi connectivity index (χ1v) is 6.56. The van der Waals surface area contributed by atoms with Crippen LogP contribution in [-0.2, 0) is 11.2 Å². The molecule has 0 aliphatic rings. The van der Waals surface area contributed by atoms with Gasteiger partial charge in [0.15, 0.2) is 0 Å². The molecule has 0 aromatic carbocycles. The van der Waals surface area contributed by atoms with E-state index in [1.165, 1.54) is 0 Å². The quantitative estimate of drug-likeness (QED) is 0.587. The number of urea groups is 1. The summed E-state index contributed by atoms with van der Waals surface area (Å²) in [6.07, 6.45) is 4.88. The van der Waals surface area contributed by atoms with Gasteiger partial charge in [0.2, 0.25) is 0 Å². The van der Waals surface area contributed by atoms with Gasteiger partial charge in [-0.1, -0.05) is 20.8 Å². The van der Waals surface area contributed by atoms with Gasteiger partial charge in [0.1, 0.15) is 11.9 Å². The van der Waals surface area contributed by atoms with Gasteiger partial charge in [0.05, 0.1) is 0 Å². The fraction of sp³-hybridized carbons (Fsp3) is 0.615. The first kappa shape index (κ1) is 16.0. The highest BCUT2D eigenvalue weighted by Gasteiger charge is 2.32. The minimum Gasteiger partial charge on any atom is -0.480 e. The maximum Gasteiger partial charge on any atom is 0.326 e. The standard InChI is InChI=1S/C13H22N4O3/c1-13(2,3)10(11(18)19)17-12(20)16-6-4-5-9-14-7-8-15-9/h7-8,10H,4-6H2,1-3H3,(H,14,15)(H,18,19)(H2,16,17,20)/t10-/m1/s1. The van der Waals surface area contributed by atoms with Crippen LogP contribution in [0.4, 0.5) is 4.79 Å². The average molecular weight is 282 g/mol. The lowest BCUT2D eigenvalue weighted by Gasteiger charge is -2.27. The molecule has 0 aliphatic carbocycles. The largest absolute Gasteiger partial charge is 0.480 e. The van der Waals surface area contributed by atoms with Crippen LogP contribution in [0.15, 0.2) is 12.4 Å². The molecule has 2 amide bonds. The van der Waals surface area contributed by atoms with Crippen LogP contribution >= 0.6 is 0 Å². The molecule has 20 heavy (non-hydrogen) atoms. The Morgan fingerprint density at radius 1 is 1.45 bits per heavy atom. The van der Waals surface area contributed by atoms with Crippen LogP contribution in [0.25, 0.3) is 0 Å². The Morgan fingerprint density at radius 2 is 2.15 bits per heavy atom. The number of aromatic amines is 1. The molecule has 1 heterocycles. The van der Waals surface area contributed by atoms with Crippen molar-refractivity contribution >= 4 is 12.0 Å². The number of carbonyl (C=O) groups excluding carboxylic acids is 1. The molecule has 1 aromatic heterocycles. The molecule has 0 radical (unpaired) electrons. The zero-order chi connectivity index (χ0) is 15.2. The second-order valence-electron chi connectivity index (χ2n) is 5.68.